The molecule has 0 radical (unpaired) electrons. The molecule has 1 atom stereocenters. The Balaban J connectivity index is 1.81. The monoisotopic (exact) mass is 431 g/mol. The highest BCUT2D eigenvalue weighted by Crippen LogP contribution is 2.28. The van der Waals surface area contributed by atoms with Crippen LogP contribution in [0.1, 0.15) is 13.3 Å². The number of hydrogen-bond acceptors (Lipinski definition) is 5. The number of hydrogen-bond donors (Lipinski definition) is 1. The number of amides is 1. The van der Waals surface area contributed by atoms with Crippen LogP contribution in [0.3, 0.4) is 0 Å². The fraction of sp³-hybridized carbons (Fsp3) is 0.190. The normalized spacial score (nSPS) is 11.6. The van der Waals surface area contributed by atoms with Crippen LogP contribution in [-0.2, 0) is 4.79 Å². The van der Waals surface area contributed by atoms with E-state index in [0.717, 1.165) is 4.68 Å². The van der Waals surface area contributed by atoms with Crippen LogP contribution in [-0.4, -0.2) is 28.9 Å². The fourth-order valence-electron chi connectivity index (χ4n) is 2.68. The first-order chi connectivity index (χ1) is 14.4. The minimum atomic E-state index is -0.889. The van der Waals surface area contributed by atoms with Crippen LogP contribution in [0.4, 0.5) is 10.1 Å². The molecule has 0 aliphatic heterocycles. The lowest BCUT2D eigenvalue weighted by molar-refractivity contribution is -0.123. The van der Waals surface area contributed by atoms with Gasteiger partial charge in [-0.15, -0.1) is 5.10 Å². The SMILES string of the molecule is CC[C@@H](Oc1ccc(=O)n(-c2ccc(F)cc2)n1)C(=O)Nc1cc(Cl)ccc1OC. The van der Waals surface area contributed by atoms with Gasteiger partial charge in [-0.2, -0.15) is 4.68 Å². The number of methoxy groups -OCH3 is 1. The summed E-state index contributed by atoms with van der Waals surface area (Å²) in [5.74, 6) is -0.345. The van der Waals surface area contributed by atoms with Gasteiger partial charge in [0.1, 0.15) is 11.6 Å². The average Bonchev–Trinajstić information content (AvgIpc) is 2.74. The number of nitrogens with one attached hydrogen (secondary N) is 1. The highest BCUT2D eigenvalue weighted by molar-refractivity contribution is 6.31. The highest BCUT2D eigenvalue weighted by Gasteiger charge is 2.21. The quantitative estimate of drug-likeness (QED) is 0.614. The second-order valence-electron chi connectivity index (χ2n) is 6.25. The summed E-state index contributed by atoms with van der Waals surface area (Å²) in [7, 11) is 1.48. The minimum Gasteiger partial charge on any atom is -0.495 e. The third-order valence-corrected chi connectivity index (χ3v) is 4.43. The molecule has 0 saturated carbocycles. The van der Waals surface area contributed by atoms with E-state index >= 15 is 0 Å². The van der Waals surface area contributed by atoms with Gasteiger partial charge < -0.3 is 14.8 Å². The zero-order valence-corrected chi connectivity index (χ0v) is 17.0. The molecule has 0 aliphatic rings. The van der Waals surface area contributed by atoms with Crippen LogP contribution in [0, 0.1) is 5.82 Å². The number of halogens is 2. The van der Waals surface area contributed by atoms with Gasteiger partial charge in [0.15, 0.2) is 6.10 Å². The molecule has 3 rings (SSSR count). The van der Waals surface area contributed by atoms with E-state index in [9.17, 15) is 14.0 Å². The van der Waals surface area contributed by atoms with E-state index in [1.807, 2.05) is 0 Å². The third kappa shape index (κ3) is 4.96. The summed E-state index contributed by atoms with van der Waals surface area (Å²) < 4.78 is 25.2. The Labute approximate surface area is 177 Å². The van der Waals surface area contributed by atoms with E-state index in [4.69, 9.17) is 21.1 Å². The maximum Gasteiger partial charge on any atom is 0.271 e. The third-order valence-electron chi connectivity index (χ3n) is 4.19. The molecule has 1 heterocycles. The maximum atomic E-state index is 13.2. The van der Waals surface area contributed by atoms with Crippen LogP contribution < -0.4 is 20.3 Å². The van der Waals surface area contributed by atoms with E-state index in [2.05, 4.69) is 10.4 Å². The van der Waals surface area contributed by atoms with Gasteiger partial charge >= 0.3 is 0 Å². The molecule has 0 bridgehead atoms. The number of ether oxygens (including phenoxy) is 2. The number of carbonyl (C=O) groups is 1. The summed E-state index contributed by atoms with van der Waals surface area (Å²) in [6.45, 7) is 1.77. The molecule has 156 valence electrons. The van der Waals surface area contributed by atoms with Crippen LogP contribution in [0.15, 0.2) is 59.4 Å². The molecule has 0 unspecified atom stereocenters. The van der Waals surface area contributed by atoms with Gasteiger partial charge in [0, 0.05) is 17.2 Å². The van der Waals surface area contributed by atoms with Gasteiger partial charge in [0.05, 0.1) is 18.5 Å². The Bertz CT molecular complexity index is 1100. The largest absolute Gasteiger partial charge is 0.495 e. The van der Waals surface area contributed by atoms with Crippen LogP contribution in [0.2, 0.25) is 5.02 Å². The number of carbonyl (C=O) groups excluding carboxylic acids is 1. The smallest absolute Gasteiger partial charge is 0.271 e. The summed E-state index contributed by atoms with van der Waals surface area (Å²) in [5.41, 5.74) is 0.351. The van der Waals surface area contributed by atoms with Crippen molar-refractivity contribution >= 4 is 23.2 Å². The summed E-state index contributed by atoms with van der Waals surface area (Å²) >= 11 is 6.00. The van der Waals surface area contributed by atoms with E-state index in [1.165, 1.54) is 43.5 Å². The van der Waals surface area contributed by atoms with E-state index in [1.54, 1.807) is 25.1 Å². The van der Waals surface area contributed by atoms with Crippen molar-refractivity contribution in [2.75, 3.05) is 12.4 Å². The minimum absolute atomic E-state index is 0.0685. The van der Waals surface area contributed by atoms with Gasteiger partial charge in [0.25, 0.3) is 11.5 Å². The standard InChI is InChI=1S/C21H19ClFN3O4/c1-3-17(21(28)24-16-12-13(22)4-9-18(16)29-2)30-19-10-11-20(27)26(25-19)15-7-5-14(23)6-8-15/h4-12,17H,3H2,1-2H3,(H,24,28)/t17-/m1/s1. The molecule has 7 nitrogen and oxygen atoms in total. The Morgan fingerprint density at radius 3 is 2.60 bits per heavy atom. The zero-order valence-electron chi connectivity index (χ0n) is 16.3. The Kier molecular flexibility index (Phi) is 6.68. The molecular formula is C21H19ClFN3O4. The molecule has 0 aliphatic carbocycles. The molecule has 1 N–H and O–H groups in total. The number of rotatable bonds is 7. The van der Waals surface area contributed by atoms with Crippen molar-refractivity contribution in [2.45, 2.75) is 19.4 Å². The molecule has 0 saturated heterocycles. The van der Waals surface area contributed by atoms with Crippen LogP contribution in [0.25, 0.3) is 5.69 Å². The van der Waals surface area contributed by atoms with Gasteiger partial charge in [-0.3, -0.25) is 9.59 Å². The molecular weight excluding hydrogens is 413 g/mol. The predicted molar refractivity (Wildman–Crippen MR) is 111 cm³/mol. The molecule has 3 aromatic rings. The molecule has 9 heteroatoms. The molecule has 0 spiro atoms. The van der Waals surface area contributed by atoms with Crippen molar-refractivity contribution < 1.29 is 18.7 Å². The number of anilines is 1. The first-order valence-corrected chi connectivity index (χ1v) is 9.46. The van der Waals surface area contributed by atoms with E-state index in [0.29, 0.717) is 28.6 Å². The van der Waals surface area contributed by atoms with Gasteiger partial charge in [0.2, 0.25) is 5.88 Å². The average molecular weight is 432 g/mol. The zero-order chi connectivity index (χ0) is 21.7. The van der Waals surface area contributed by atoms with Crippen LogP contribution >= 0.6 is 11.6 Å². The molecule has 30 heavy (non-hydrogen) atoms. The summed E-state index contributed by atoms with van der Waals surface area (Å²) in [5, 5.41) is 7.30. The van der Waals surface area contributed by atoms with Gasteiger partial charge in [-0.25, -0.2) is 4.39 Å². The Hall–Kier alpha value is -3.39. The fourth-order valence-corrected chi connectivity index (χ4v) is 2.86. The molecule has 1 aromatic heterocycles. The second-order valence-corrected chi connectivity index (χ2v) is 6.68. The van der Waals surface area contributed by atoms with Crippen molar-refractivity contribution in [1.29, 1.82) is 0 Å². The lowest BCUT2D eigenvalue weighted by atomic mass is 10.2. The number of nitrogens with zero attached hydrogens (tertiary/aromatic N) is 2. The molecule has 2 aromatic carbocycles. The summed E-state index contributed by atoms with van der Waals surface area (Å²) in [6, 6.07) is 12.8. The van der Waals surface area contributed by atoms with Crippen molar-refractivity contribution in [3.8, 4) is 17.3 Å². The Morgan fingerprint density at radius 2 is 1.93 bits per heavy atom. The number of benzene rings is 2. The van der Waals surface area contributed by atoms with E-state index in [-0.39, 0.29) is 5.88 Å². The summed E-state index contributed by atoms with van der Waals surface area (Å²) in [4.78, 5) is 24.8. The Morgan fingerprint density at radius 1 is 1.20 bits per heavy atom. The van der Waals surface area contributed by atoms with Crippen LogP contribution in [0.5, 0.6) is 11.6 Å². The molecule has 1 amide bonds. The lowest BCUT2D eigenvalue weighted by Gasteiger charge is -2.18. The van der Waals surface area contributed by atoms with Crippen molar-refractivity contribution in [3.05, 3.63) is 75.8 Å². The second kappa shape index (κ2) is 9.41. The highest BCUT2D eigenvalue weighted by atomic mass is 35.5. The summed E-state index contributed by atoms with van der Waals surface area (Å²) in [6.07, 6.45) is -0.549. The lowest BCUT2D eigenvalue weighted by Crippen LogP contribution is -2.33. The number of aromatic nitrogens is 2. The first kappa shape index (κ1) is 21.3. The van der Waals surface area contributed by atoms with Crippen molar-refractivity contribution in [2.24, 2.45) is 0 Å². The van der Waals surface area contributed by atoms with Crippen molar-refractivity contribution in [1.82, 2.24) is 9.78 Å². The van der Waals surface area contributed by atoms with Crippen molar-refractivity contribution in [3.63, 3.8) is 0 Å². The van der Waals surface area contributed by atoms with E-state index < -0.39 is 23.4 Å². The maximum absolute atomic E-state index is 13.2. The first-order valence-electron chi connectivity index (χ1n) is 9.08. The van der Waals surface area contributed by atoms with Gasteiger partial charge in [-0.05, 0) is 48.9 Å². The predicted octanol–water partition coefficient (Wildman–Crippen LogP) is 3.83. The van der Waals surface area contributed by atoms with Gasteiger partial charge in [-0.1, -0.05) is 18.5 Å². The topological polar surface area (TPSA) is 82.5 Å². The molecule has 0 fully saturated rings.